The van der Waals surface area contributed by atoms with Gasteiger partial charge >= 0.3 is 6.18 Å². The minimum Gasteiger partial charge on any atom is -0.267 e. The standard InChI is InChI=1S/C23H30F3N3/c1-7-8-16(3)19(21-17(4)13-15(2)14-18(21)5)9-10-20(27-6)22(23(24,25)26)11-12-28-29-22/h9-10,13-14,28-29H,3,6-8,11-12H2,1-2,4-5H3/b19-9-,20-10-. The quantitative estimate of drug-likeness (QED) is 0.449. The van der Waals surface area contributed by atoms with E-state index in [1.54, 1.807) is 6.08 Å². The molecule has 1 aliphatic rings. The highest BCUT2D eigenvalue weighted by atomic mass is 19.4. The molecule has 0 aliphatic carbocycles. The molecule has 1 aromatic rings. The number of allylic oxidation sites excluding steroid dienone is 4. The Morgan fingerprint density at radius 1 is 1.21 bits per heavy atom. The topological polar surface area (TPSA) is 36.4 Å². The zero-order valence-corrected chi connectivity index (χ0v) is 17.6. The van der Waals surface area contributed by atoms with Gasteiger partial charge in [-0.05, 0) is 74.2 Å². The molecule has 29 heavy (non-hydrogen) atoms. The molecule has 1 fully saturated rings. The summed E-state index contributed by atoms with van der Waals surface area (Å²) >= 11 is 0. The van der Waals surface area contributed by atoms with Crippen LogP contribution >= 0.6 is 0 Å². The smallest absolute Gasteiger partial charge is 0.267 e. The van der Waals surface area contributed by atoms with Crippen molar-refractivity contribution in [2.24, 2.45) is 4.99 Å². The maximum Gasteiger partial charge on any atom is 0.413 e. The summed E-state index contributed by atoms with van der Waals surface area (Å²) in [5.74, 6) is 0. The molecule has 1 aromatic carbocycles. The third kappa shape index (κ3) is 4.70. The minimum absolute atomic E-state index is 0.150. The lowest BCUT2D eigenvalue weighted by molar-refractivity contribution is -0.181. The summed E-state index contributed by atoms with van der Waals surface area (Å²) in [5.41, 5.74) is 8.58. The van der Waals surface area contributed by atoms with Crippen LogP contribution in [-0.4, -0.2) is 25.0 Å². The second-order valence-electron chi connectivity index (χ2n) is 7.62. The first-order valence-corrected chi connectivity index (χ1v) is 9.79. The van der Waals surface area contributed by atoms with Crippen molar-refractivity contribution >= 4 is 12.3 Å². The Labute approximate surface area is 171 Å². The highest BCUT2D eigenvalue weighted by Crippen LogP contribution is 2.41. The van der Waals surface area contributed by atoms with E-state index in [4.69, 9.17) is 0 Å². The Balaban J connectivity index is 2.65. The van der Waals surface area contributed by atoms with E-state index < -0.39 is 11.7 Å². The average molecular weight is 406 g/mol. The Hall–Kier alpha value is -2.18. The lowest BCUT2D eigenvalue weighted by Gasteiger charge is -2.31. The largest absolute Gasteiger partial charge is 0.413 e. The van der Waals surface area contributed by atoms with Gasteiger partial charge < -0.3 is 0 Å². The van der Waals surface area contributed by atoms with Crippen LogP contribution in [-0.2, 0) is 0 Å². The first-order chi connectivity index (χ1) is 13.6. The van der Waals surface area contributed by atoms with Crippen LogP contribution in [0, 0.1) is 20.8 Å². The maximum absolute atomic E-state index is 13.9. The molecule has 2 N–H and O–H groups in total. The summed E-state index contributed by atoms with van der Waals surface area (Å²) in [7, 11) is 0. The molecule has 1 unspecified atom stereocenters. The van der Waals surface area contributed by atoms with Crippen molar-refractivity contribution in [1.82, 2.24) is 10.9 Å². The maximum atomic E-state index is 13.9. The molecule has 158 valence electrons. The number of aryl methyl sites for hydroxylation is 3. The van der Waals surface area contributed by atoms with Crippen molar-refractivity contribution in [3.8, 4) is 0 Å². The molecular formula is C23H30F3N3. The van der Waals surface area contributed by atoms with Gasteiger partial charge in [-0.2, -0.15) is 13.2 Å². The van der Waals surface area contributed by atoms with Crippen LogP contribution in [0.4, 0.5) is 13.2 Å². The average Bonchev–Trinajstić information content (AvgIpc) is 3.11. The fourth-order valence-electron chi connectivity index (χ4n) is 3.99. The van der Waals surface area contributed by atoms with E-state index >= 15 is 0 Å². The Morgan fingerprint density at radius 2 is 1.83 bits per heavy atom. The Bertz CT molecular complexity index is 818. The molecule has 6 heteroatoms. The molecule has 1 atom stereocenters. The van der Waals surface area contributed by atoms with Gasteiger partial charge in [-0.1, -0.05) is 43.7 Å². The molecule has 0 amide bonds. The third-order valence-corrected chi connectivity index (χ3v) is 5.31. The van der Waals surface area contributed by atoms with Crippen molar-refractivity contribution in [2.75, 3.05) is 6.54 Å². The first kappa shape index (κ1) is 23.1. The van der Waals surface area contributed by atoms with Gasteiger partial charge in [0, 0.05) is 6.54 Å². The molecule has 0 spiro atoms. The summed E-state index contributed by atoms with van der Waals surface area (Å²) in [6.45, 7) is 15.9. The van der Waals surface area contributed by atoms with Gasteiger partial charge in [0.25, 0.3) is 0 Å². The van der Waals surface area contributed by atoms with Crippen molar-refractivity contribution in [3.63, 3.8) is 0 Å². The Morgan fingerprint density at radius 3 is 2.28 bits per heavy atom. The molecule has 0 bridgehead atoms. The highest BCUT2D eigenvalue weighted by molar-refractivity contribution is 5.83. The van der Waals surface area contributed by atoms with Gasteiger partial charge in [0.1, 0.15) is 0 Å². The normalized spacial score (nSPS) is 20.8. The van der Waals surface area contributed by atoms with E-state index in [9.17, 15) is 13.2 Å². The number of hydrazine groups is 1. The summed E-state index contributed by atoms with van der Waals surface area (Å²) in [6, 6.07) is 4.15. The number of nitrogens with zero attached hydrogens (tertiary/aromatic N) is 1. The second-order valence-corrected chi connectivity index (χ2v) is 7.62. The lowest BCUT2D eigenvalue weighted by Crippen LogP contribution is -2.56. The van der Waals surface area contributed by atoms with E-state index in [0.717, 1.165) is 46.2 Å². The minimum atomic E-state index is -4.51. The molecular weight excluding hydrogens is 375 g/mol. The van der Waals surface area contributed by atoms with Crippen molar-refractivity contribution in [3.05, 3.63) is 64.4 Å². The van der Waals surface area contributed by atoms with Crippen LogP contribution in [0.15, 0.2) is 47.1 Å². The van der Waals surface area contributed by atoms with Crippen LogP contribution in [0.3, 0.4) is 0 Å². The predicted molar refractivity (Wildman–Crippen MR) is 115 cm³/mol. The number of alkyl halides is 3. The van der Waals surface area contributed by atoms with E-state index in [1.165, 1.54) is 6.08 Å². The first-order valence-electron chi connectivity index (χ1n) is 9.79. The molecule has 0 radical (unpaired) electrons. The molecule has 1 saturated heterocycles. The van der Waals surface area contributed by atoms with E-state index in [1.807, 2.05) is 20.8 Å². The van der Waals surface area contributed by atoms with Gasteiger partial charge in [-0.3, -0.25) is 10.4 Å². The van der Waals surface area contributed by atoms with Crippen molar-refractivity contribution in [1.29, 1.82) is 0 Å². The van der Waals surface area contributed by atoms with Gasteiger partial charge in [0.05, 0.1) is 5.70 Å². The third-order valence-electron chi connectivity index (χ3n) is 5.31. The predicted octanol–water partition coefficient (Wildman–Crippen LogP) is 5.74. The zero-order valence-electron chi connectivity index (χ0n) is 17.6. The summed E-state index contributed by atoms with van der Waals surface area (Å²) < 4.78 is 41.6. The molecule has 0 aromatic heterocycles. The number of rotatable bonds is 7. The molecule has 1 aliphatic heterocycles. The van der Waals surface area contributed by atoms with E-state index in [2.05, 4.69) is 48.2 Å². The number of halogens is 3. The van der Waals surface area contributed by atoms with Gasteiger partial charge in [0.2, 0.25) is 0 Å². The zero-order chi connectivity index (χ0) is 21.8. The monoisotopic (exact) mass is 405 g/mol. The van der Waals surface area contributed by atoms with Crippen LogP contribution in [0.2, 0.25) is 0 Å². The lowest BCUT2D eigenvalue weighted by atomic mass is 9.87. The molecule has 1 heterocycles. The van der Waals surface area contributed by atoms with Crippen LogP contribution in [0.25, 0.3) is 5.57 Å². The number of benzene rings is 1. The fourth-order valence-corrected chi connectivity index (χ4v) is 3.99. The van der Waals surface area contributed by atoms with Crippen LogP contribution in [0.5, 0.6) is 0 Å². The van der Waals surface area contributed by atoms with E-state index in [0.29, 0.717) is 0 Å². The number of hydrogen-bond donors (Lipinski definition) is 2. The highest BCUT2D eigenvalue weighted by Gasteiger charge is 2.59. The Kier molecular flexibility index (Phi) is 7.25. The SMILES string of the molecule is C=N/C(=C\C=C(\C(=C)CCC)c1c(C)cc(C)cc1C)C1(C(F)(F)F)CCNN1. The fraction of sp³-hybridized carbons (Fsp3) is 0.435. The van der Waals surface area contributed by atoms with Crippen molar-refractivity contribution in [2.45, 2.75) is 58.7 Å². The van der Waals surface area contributed by atoms with Crippen LogP contribution in [0.1, 0.15) is 48.4 Å². The number of hydrogen-bond acceptors (Lipinski definition) is 3. The number of aliphatic imine (C=N–C) groups is 1. The summed E-state index contributed by atoms with van der Waals surface area (Å²) in [4.78, 5) is 3.75. The second kappa shape index (κ2) is 9.09. The summed E-state index contributed by atoms with van der Waals surface area (Å²) in [6.07, 6.45) is 0.133. The van der Waals surface area contributed by atoms with Gasteiger partial charge in [-0.15, -0.1) is 0 Å². The van der Waals surface area contributed by atoms with Gasteiger partial charge in [0.15, 0.2) is 5.54 Å². The van der Waals surface area contributed by atoms with Crippen molar-refractivity contribution < 1.29 is 13.2 Å². The molecule has 2 rings (SSSR count). The number of nitrogens with one attached hydrogen (secondary N) is 2. The van der Waals surface area contributed by atoms with Gasteiger partial charge in [-0.25, -0.2) is 5.43 Å². The molecule has 3 nitrogen and oxygen atoms in total. The summed E-state index contributed by atoms with van der Waals surface area (Å²) in [5, 5.41) is 0. The molecule has 0 saturated carbocycles. The van der Waals surface area contributed by atoms with E-state index in [-0.39, 0.29) is 18.7 Å². The van der Waals surface area contributed by atoms with Crippen LogP contribution < -0.4 is 10.9 Å².